The zero-order valence-corrected chi connectivity index (χ0v) is 12.2. The summed E-state index contributed by atoms with van der Waals surface area (Å²) in [5, 5.41) is 9.86. The molecule has 0 spiro atoms. The third-order valence-electron chi connectivity index (χ3n) is 5.68. The number of aromatic hydroxyl groups is 1. The molecule has 1 heterocycles. The van der Waals surface area contributed by atoms with Crippen LogP contribution < -0.4 is 0 Å². The van der Waals surface area contributed by atoms with Gasteiger partial charge in [-0.2, -0.15) is 0 Å². The van der Waals surface area contributed by atoms with Crippen molar-refractivity contribution in [3.8, 4) is 5.75 Å². The summed E-state index contributed by atoms with van der Waals surface area (Å²) >= 11 is 0. The van der Waals surface area contributed by atoms with E-state index in [1.165, 1.54) is 50.8 Å². The van der Waals surface area contributed by atoms with Crippen LogP contribution >= 0.6 is 0 Å². The molecule has 0 bridgehead atoms. The van der Waals surface area contributed by atoms with Crippen molar-refractivity contribution >= 4 is 0 Å². The molecule has 19 heavy (non-hydrogen) atoms. The first kappa shape index (κ1) is 13.0. The van der Waals surface area contributed by atoms with Gasteiger partial charge in [0.1, 0.15) is 5.75 Å². The van der Waals surface area contributed by atoms with Gasteiger partial charge in [-0.1, -0.05) is 31.9 Å². The largest absolute Gasteiger partial charge is 0.508 e. The Kier molecular flexibility index (Phi) is 3.09. The number of nitrogens with zero attached hydrogens (tertiary/aromatic N) is 1. The maximum Gasteiger partial charge on any atom is 0.115 e. The standard InChI is InChI=1S/C17H25NO/c1-16-8-3-4-9-17(16,10-11-18(2)13-16)14-6-5-7-15(19)12-14/h5-7,12,19H,3-4,8-11,13H2,1-2H3/t16-,17+/m1/s1. The van der Waals surface area contributed by atoms with Gasteiger partial charge in [-0.05, 0) is 56.0 Å². The summed E-state index contributed by atoms with van der Waals surface area (Å²) in [6, 6.07) is 8.03. The number of benzene rings is 1. The number of piperidine rings is 1. The predicted molar refractivity (Wildman–Crippen MR) is 78.5 cm³/mol. The molecule has 0 aromatic heterocycles. The van der Waals surface area contributed by atoms with Crippen LogP contribution in [0.2, 0.25) is 0 Å². The molecule has 1 aliphatic carbocycles. The molecule has 1 saturated carbocycles. The molecule has 1 N–H and O–H groups in total. The molecule has 2 atom stereocenters. The summed E-state index contributed by atoms with van der Waals surface area (Å²) in [6.07, 6.45) is 6.50. The lowest BCUT2D eigenvalue weighted by Crippen LogP contribution is -2.57. The van der Waals surface area contributed by atoms with E-state index in [2.05, 4.69) is 24.9 Å². The molecule has 1 aliphatic heterocycles. The minimum atomic E-state index is 0.274. The SMILES string of the molecule is CN1CC[C@]2(c3cccc(O)c3)CCCC[C@]2(C)C1. The molecule has 0 amide bonds. The molecular weight excluding hydrogens is 234 g/mol. The van der Waals surface area contributed by atoms with Crippen LogP contribution in [-0.4, -0.2) is 30.1 Å². The lowest BCUT2D eigenvalue weighted by atomic mass is 9.51. The molecule has 2 heteroatoms. The van der Waals surface area contributed by atoms with Gasteiger partial charge in [-0.25, -0.2) is 0 Å². The molecule has 0 radical (unpaired) electrons. The summed E-state index contributed by atoms with van der Waals surface area (Å²) in [4.78, 5) is 2.48. The van der Waals surface area contributed by atoms with E-state index in [0.717, 1.165) is 0 Å². The van der Waals surface area contributed by atoms with Crippen molar-refractivity contribution in [3.63, 3.8) is 0 Å². The molecule has 2 nitrogen and oxygen atoms in total. The maximum atomic E-state index is 9.86. The van der Waals surface area contributed by atoms with Crippen molar-refractivity contribution in [2.24, 2.45) is 5.41 Å². The van der Waals surface area contributed by atoms with Crippen molar-refractivity contribution in [2.45, 2.75) is 44.4 Å². The minimum Gasteiger partial charge on any atom is -0.508 e. The van der Waals surface area contributed by atoms with Crippen LogP contribution in [0.5, 0.6) is 5.75 Å². The summed E-state index contributed by atoms with van der Waals surface area (Å²) in [5.41, 5.74) is 1.99. The summed E-state index contributed by atoms with van der Waals surface area (Å²) < 4.78 is 0. The van der Waals surface area contributed by atoms with Crippen LogP contribution in [0.4, 0.5) is 0 Å². The maximum absolute atomic E-state index is 9.86. The molecule has 0 unspecified atom stereocenters. The van der Waals surface area contributed by atoms with E-state index in [4.69, 9.17) is 0 Å². The van der Waals surface area contributed by atoms with Gasteiger partial charge in [-0.3, -0.25) is 0 Å². The Hall–Kier alpha value is -1.02. The molecule has 104 valence electrons. The Morgan fingerprint density at radius 3 is 2.74 bits per heavy atom. The van der Waals surface area contributed by atoms with Gasteiger partial charge in [0.15, 0.2) is 0 Å². The van der Waals surface area contributed by atoms with Gasteiger partial charge >= 0.3 is 0 Å². The minimum absolute atomic E-state index is 0.274. The van der Waals surface area contributed by atoms with Crippen molar-refractivity contribution < 1.29 is 5.11 Å². The van der Waals surface area contributed by atoms with Crippen LogP contribution in [-0.2, 0) is 5.41 Å². The van der Waals surface area contributed by atoms with E-state index in [9.17, 15) is 5.11 Å². The lowest BCUT2D eigenvalue weighted by Gasteiger charge is -2.57. The van der Waals surface area contributed by atoms with Gasteiger partial charge in [0.25, 0.3) is 0 Å². The molecule has 1 aromatic carbocycles. The van der Waals surface area contributed by atoms with Crippen LogP contribution in [0.15, 0.2) is 24.3 Å². The first-order chi connectivity index (χ1) is 9.06. The summed E-state index contributed by atoms with van der Waals surface area (Å²) in [6.45, 7) is 4.82. The average Bonchev–Trinajstić information content (AvgIpc) is 2.37. The summed E-state index contributed by atoms with van der Waals surface area (Å²) in [7, 11) is 2.24. The smallest absolute Gasteiger partial charge is 0.115 e. The second-order valence-electron chi connectivity index (χ2n) is 6.89. The van der Waals surface area contributed by atoms with E-state index in [0.29, 0.717) is 11.2 Å². The normalized spacial score (nSPS) is 35.9. The second-order valence-corrected chi connectivity index (χ2v) is 6.89. The Balaban J connectivity index is 2.07. The first-order valence-corrected chi connectivity index (χ1v) is 7.54. The van der Waals surface area contributed by atoms with Gasteiger partial charge in [0.05, 0.1) is 0 Å². The number of phenolic OH excluding ortho intramolecular Hbond substituents is 1. The van der Waals surface area contributed by atoms with E-state index in [1.54, 1.807) is 6.07 Å². The van der Waals surface area contributed by atoms with Crippen molar-refractivity contribution in [1.29, 1.82) is 0 Å². The zero-order chi connectivity index (χ0) is 13.5. The Bertz CT molecular complexity index is 472. The summed E-state index contributed by atoms with van der Waals surface area (Å²) in [5.74, 6) is 0.415. The molecule has 1 aromatic rings. The fraction of sp³-hybridized carbons (Fsp3) is 0.647. The highest BCUT2D eigenvalue weighted by atomic mass is 16.3. The highest BCUT2D eigenvalue weighted by Crippen LogP contribution is 2.56. The predicted octanol–water partition coefficient (Wildman–Crippen LogP) is 3.55. The average molecular weight is 259 g/mol. The third-order valence-corrected chi connectivity index (χ3v) is 5.68. The molecule has 2 aliphatic rings. The molecule has 2 fully saturated rings. The van der Waals surface area contributed by atoms with Gasteiger partial charge in [-0.15, -0.1) is 0 Å². The first-order valence-electron chi connectivity index (χ1n) is 7.54. The second kappa shape index (κ2) is 4.52. The van der Waals surface area contributed by atoms with E-state index in [1.807, 2.05) is 12.1 Å². The van der Waals surface area contributed by atoms with Gasteiger partial charge in [0, 0.05) is 12.0 Å². The number of likely N-dealkylation sites (tertiary alicyclic amines) is 1. The number of hydrogen-bond donors (Lipinski definition) is 1. The van der Waals surface area contributed by atoms with Gasteiger partial charge in [0.2, 0.25) is 0 Å². The quantitative estimate of drug-likeness (QED) is 0.833. The topological polar surface area (TPSA) is 23.5 Å². The molecule has 1 saturated heterocycles. The van der Waals surface area contributed by atoms with Crippen LogP contribution in [0, 0.1) is 5.41 Å². The van der Waals surface area contributed by atoms with Crippen molar-refractivity contribution in [1.82, 2.24) is 4.90 Å². The van der Waals surface area contributed by atoms with Crippen LogP contribution in [0.25, 0.3) is 0 Å². The monoisotopic (exact) mass is 259 g/mol. The number of rotatable bonds is 1. The van der Waals surface area contributed by atoms with E-state index < -0.39 is 0 Å². The van der Waals surface area contributed by atoms with Gasteiger partial charge < -0.3 is 10.0 Å². The van der Waals surface area contributed by atoms with Crippen LogP contribution in [0.3, 0.4) is 0 Å². The van der Waals surface area contributed by atoms with Crippen LogP contribution in [0.1, 0.15) is 44.6 Å². The van der Waals surface area contributed by atoms with E-state index >= 15 is 0 Å². The number of phenols is 1. The highest BCUT2D eigenvalue weighted by molar-refractivity contribution is 5.36. The fourth-order valence-electron chi connectivity index (χ4n) is 4.64. The number of fused-ring (bicyclic) bond motifs is 1. The third kappa shape index (κ3) is 1.97. The lowest BCUT2D eigenvalue weighted by molar-refractivity contribution is -0.0115. The molecule has 3 rings (SSSR count). The highest BCUT2D eigenvalue weighted by Gasteiger charge is 2.52. The fourth-order valence-corrected chi connectivity index (χ4v) is 4.64. The molecular formula is C17H25NO. The van der Waals surface area contributed by atoms with E-state index in [-0.39, 0.29) is 5.41 Å². The Labute approximate surface area is 116 Å². The Morgan fingerprint density at radius 1 is 1.16 bits per heavy atom. The zero-order valence-electron chi connectivity index (χ0n) is 12.2. The number of hydrogen-bond acceptors (Lipinski definition) is 2. The Morgan fingerprint density at radius 2 is 1.95 bits per heavy atom. The van der Waals surface area contributed by atoms with Crippen molar-refractivity contribution in [2.75, 3.05) is 20.1 Å². The van der Waals surface area contributed by atoms with Crippen molar-refractivity contribution in [3.05, 3.63) is 29.8 Å².